The van der Waals surface area contributed by atoms with E-state index >= 15 is 0 Å². The number of hydrogen-bond donors (Lipinski definition) is 0. The summed E-state index contributed by atoms with van der Waals surface area (Å²) in [6.07, 6.45) is 2.21. The van der Waals surface area contributed by atoms with Crippen molar-refractivity contribution in [3.8, 4) is 11.3 Å². The highest BCUT2D eigenvalue weighted by molar-refractivity contribution is 6.04. The summed E-state index contributed by atoms with van der Waals surface area (Å²) in [6.45, 7) is 0.973. The zero-order chi connectivity index (χ0) is 13.8. The summed E-state index contributed by atoms with van der Waals surface area (Å²) in [4.78, 5) is 0. The van der Waals surface area contributed by atoms with E-state index in [4.69, 9.17) is 0 Å². The number of hydrogen-bond acceptors (Lipinski definition) is 0. The van der Waals surface area contributed by atoms with Gasteiger partial charge in [0.05, 0.1) is 10.9 Å². The van der Waals surface area contributed by atoms with Crippen LogP contribution in [0, 0.1) is 0 Å². The van der Waals surface area contributed by atoms with Crippen LogP contribution in [0.4, 0.5) is 0 Å². The van der Waals surface area contributed by atoms with Crippen molar-refractivity contribution in [1.82, 2.24) is 0 Å². The van der Waals surface area contributed by atoms with Crippen LogP contribution in [-0.4, -0.2) is 0 Å². The molecule has 0 spiro atoms. The van der Waals surface area contributed by atoms with Crippen LogP contribution in [0.25, 0.3) is 32.8 Å². The van der Waals surface area contributed by atoms with Crippen molar-refractivity contribution in [3.05, 3.63) is 78.5 Å². The summed E-state index contributed by atoms with van der Waals surface area (Å²) >= 11 is 0. The normalized spacial score (nSPS) is 12.6. The van der Waals surface area contributed by atoms with E-state index in [0.29, 0.717) is 0 Å². The monoisotopic (exact) mass is 268 g/mol. The molecule has 0 saturated carbocycles. The lowest BCUT2D eigenvalue weighted by Crippen LogP contribution is -2.31. The zero-order valence-electron chi connectivity index (χ0n) is 11.6. The van der Waals surface area contributed by atoms with Gasteiger partial charge in [-0.15, -0.1) is 0 Å². The average molecular weight is 268 g/mol. The summed E-state index contributed by atoms with van der Waals surface area (Å²) in [5.74, 6) is 0. The highest BCUT2D eigenvalue weighted by atomic mass is 15.0. The molecule has 21 heavy (non-hydrogen) atoms. The van der Waals surface area contributed by atoms with Crippen molar-refractivity contribution in [3.63, 3.8) is 0 Å². The molecule has 1 heteroatoms. The molecular weight excluding hydrogens is 254 g/mol. The minimum absolute atomic E-state index is 0.973. The third kappa shape index (κ3) is 1.43. The molecule has 0 atom stereocenters. The van der Waals surface area contributed by atoms with Crippen molar-refractivity contribution in [2.24, 2.45) is 0 Å². The van der Waals surface area contributed by atoms with Gasteiger partial charge in [-0.1, -0.05) is 54.6 Å². The molecule has 1 aliphatic rings. The van der Waals surface area contributed by atoms with E-state index < -0.39 is 0 Å². The predicted molar refractivity (Wildman–Crippen MR) is 86.2 cm³/mol. The van der Waals surface area contributed by atoms with Crippen LogP contribution in [-0.2, 0) is 6.54 Å². The van der Waals surface area contributed by atoms with Gasteiger partial charge in [0.25, 0.3) is 0 Å². The molecule has 1 aliphatic heterocycles. The zero-order valence-corrected chi connectivity index (χ0v) is 11.6. The van der Waals surface area contributed by atoms with Crippen LogP contribution in [0.3, 0.4) is 0 Å². The summed E-state index contributed by atoms with van der Waals surface area (Å²) in [7, 11) is 0. The fourth-order valence-electron chi connectivity index (χ4n) is 3.58. The Hall–Kier alpha value is -2.67. The highest BCUT2D eigenvalue weighted by Crippen LogP contribution is 2.37. The molecule has 0 saturated heterocycles. The molecule has 0 fully saturated rings. The Morgan fingerprint density at radius 2 is 1.38 bits per heavy atom. The lowest BCUT2D eigenvalue weighted by atomic mass is 9.96. The van der Waals surface area contributed by atoms with Gasteiger partial charge >= 0.3 is 0 Å². The molecule has 0 aliphatic carbocycles. The van der Waals surface area contributed by atoms with E-state index in [2.05, 4.69) is 77.5 Å². The van der Waals surface area contributed by atoms with Gasteiger partial charge < -0.3 is 0 Å². The smallest absolute Gasteiger partial charge is 0.193 e. The Labute approximate surface area is 123 Å². The van der Waals surface area contributed by atoms with Crippen LogP contribution in [0.15, 0.2) is 72.9 Å². The average Bonchev–Trinajstić information content (AvgIpc) is 2.94. The molecular formula is C20H14N+. The van der Waals surface area contributed by atoms with Gasteiger partial charge in [0.2, 0.25) is 5.69 Å². The van der Waals surface area contributed by atoms with Crippen molar-refractivity contribution < 1.29 is 4.57 Å². The van der Waals surface area contributed by atoms with E-state index in [1.54, 1.807) is 0 Å². The van der Waals surface area contributed by atoms with Gasteiger partial charge in [-0.25, -0.2) is 0 Å². The molecule has 0 unspecified atom stereocenters. The van der Waals surface area contributed by atoms with E-state index in [9.17, 15) is 0 Å². The minimum atomic E-state index is 0.973. The van der Waals surface area contributed by atoms with Crippen molar-refractivity contribution >= 4 is 21.5 Å². The van der Waals surface area contributed by atoms with Gasteiger partial charge in [-0.3, -0.25) is 0 Å². The molecule has 4 aromatic rings. The lowest BCUT2D eigenvalue weighted by Gasteiger charge is -2.04. The fourth-order valence-corrected chi connectivity index (χ4v) is 3.58. The molecule has 0 N–H and O–H groups in total. The Bertz CT molecular complexity index is 931. The van der Waals surface area contributed by atoms with Crippen LogP contribution in [0.5, 0.6) is 0 Å². The summed E-state index contributed by atoms with van der Waals surface area (Å²) in [5, 5.41) is 5.33. The van der Waals surface area contributed by atoms with E-state index in [-0.39, 0.29) is 0 Å². The quantitative estimate of drug-likeness (QED) is 0.368. The maximum atomic E-state index is 2.37. The highest BCUT2D eigenvalue weighted by Gasteiger charge is 2.29. The first-order valence-corrected chi connectivity index (χ1v) is 7.34. The summed E-state index contributed by atoms with van der Waals surface area (Å²) in [5.41, 5.74) is 4.19. The van der Waals surface area contributed by atoms with E-state index in [0.717, 1.165) is 6.54 Å². The van der Waals surface area contributed by atoms with Gasteiger partial charge in [-0.05, 0) is 22.2 Å². The van der Waals surface area contributed by atoms with Crippen LogP contribution in [0.1, 0.15) is 5.56 Å². The standard InChI is InChI=1S/C20H14N/c1-3-7-17-14(5-1)9-10-16-13-21-12-11-15-6-2-4-8-18(15)20(21)19(16)17/h1-12H,13H2/q+1. The molecule has 3 aromatic carbocycles. The number of fused-ring (bicyclic) bond motifs is 7. The summed E-state index contributed by atoms with van der Waals surface area (Å²) < 4.78 is 2.37. The third-order valence-electron chi connectivity index (χ3n) is 4.53. The molecule has 1 nitrogen and oxygen atoms in total. The van der Waals surface area contributed by atoms with E-state index in [1.807, 2.05) is 0 Å². The van der Waals surface area contributed by atoms with Gasteiger partial charge in [0, 0.05) is 11.6 Å². The van der Waals surface area contributed by atoms with Crippen molar-refractivity contribution in [2.75, 3.05) is 0 Å². The Kier molecular flexibility index (Phi) is 2.06. The van der Waals surface area contributed by atoms with E-state index in [1.165, 1.54) is 38.4 Å². The van der Waals surface area contributed by atoms with Gasteiger partial charge in [0.1, 0.15) is 0 Å². The third-order valence-corrected chi connectivity index (χ3v) is 4.53. The molecule has 0 amide bonds. The molecule has 0 radical (unpaired) electrons. The summed E-state index contributed by atoms with van der Waals surface area (Å²) in [6, 6.07) is 24.1. The van der Waals surface area contributed by atoms with Gasteiger partial charge in [0.15, 0.2) is 12.7 Å². The number of nitrogens with zero attached hydrogens (tertiary/aromatic N) is 1. The SMILES string of the molecule is c1ccc2c3c(ccc2c1)C[n+]1ccc2ccccc2c1-3. The second-order valence-corrected chi connectivity index (χ2v) is 5.70. The number of aromatic nitrogens is 1. The Morgan fingerprint density at radius 1 is 0.667 bits per heavy atom. The predicted octanol–water partition coefficient (Wildman–Crippen LogP) is 4.31. The maximum absolute atomic E-state index is 2.37. The first-order chi connectivity index (χ1) is 10.4. The van der Waals surface area contributed by atoms with Crippen molar-refractivity contribution in [2.45, 2.75) is 6.54 Å². The molecule has 5 rings (SSSR count). The van der Waals surface area contributed by atoms with Crippen LogP contribution < -0.4 is 4.57 Å². The fraction of sp³-hybridized carbons (Fsp3) is 0.0500. The first-order valence-electron chi connectivity index (χ1n) is 7.34. The number of pyridine rings is 1. The number of rotatable bonds is 0. The lowest BCUT2D eigenvalue weighted by molar-refractivity contribution is -0.670. The molecule has 2 heterocycles. The second kappa shape index (κ2) is 3.92. The maximum Gasteiger partial charge on any atom is 0.221 e. The topological polar surface area (TPSA) is 3.88 Å². The molecule has 1 aromatic heterocycles. The first kappa shape index (κ1) is 11.0. The largest absolute Gasteiger partial charge is 0.221 e. The minimum Gasteiger partial charge on any atom is -0.193 e. The van der Waals surface area contributed by atoms with Crippen LogP contribution >= 0.6 is 0 Å². The Balaban J connectivity index is 2.00. The second-order valence-electron chi connectivity index (χ2n) is 5.70. The Morgan fingerprint density at radius 3 is 2.24 bits per heavy atom. The van der Waals surface area contributed by atoms with Gasteiger partial charge in [-0.2, -0.15) is 4.57 Å². The molecule has 98 valence electrons. The number of benzene rings is 3. The van der Waals surface area contributed by atoms with Crippen molar-refractivity contribution in [1.29, 1.82) is 0 Å². The van der Waals surface area contributed by atoms with Crippen LogP contribution in [0.2, 0.25) is 0 Å². The molecule has 0 bridgehead atoms.